The van der Waals surface area contributed by atoms with Crippen LogP contribution < -0.4 is 14.8 Å². The number of nitrogens with zero attached hydrogens (tertiary/aromatic N) is 3. The Labute approximate surface area is 192 Å². The zero-order valence-electron chi connectivity index (χ0n) is 19.9. The first-order valence-corrected chi connectivity index (χ1v) is 11.1. The lowest BCUT2D eigenvalue weighted by Crippen LogP contribution is -2.46. The van der Waals surface area contributed by atoms with Gasteiger partial charge in [0.2, 0.25) is 0 Å². The maximum Gasteiger partial charge on any atom is 0.193 e. The highest BCUT2D eigenvalue weighted by Crippen LogP contribution is 2.32. The second-order valence-electron chi connectivity index (χ2n) is 7.99. The van der Waals surface area contributed by atoms with Crippen LogP contribution in [0.4, 0.5) is 0 Å². The van der Waals surface area contributed by atoms with E-state index >= 15 is 0 Å². The van der Waals surface area contributed by atoms with Crippen molar-refractivity contribution in [1.29, 1.82) is 0 Å². The molecule has 1 atom stereocenters. The number of methoxy groups -OCH3 is 2. The van der Waals surface area contributed by atoms with Crippen LogP contribution in [0.5, 0.6) is 11.5 Å². The molecule has 0 radical (unpaired) electrons. The molecule has 3 rings (SSSR count). The summed E-state index contributed by atoms with van der Waals surface area (Å²) in [5.74, 6) is 2.34. The molecule has 7 heteroatoms. The molecular formula is C25H36N4O3. The van der Waals surface area contributed by atoms with E-state index in [1.807, 2.05) is 13.1 Å². The monoisotopic (exact) mass is 440 g/mol. The van der Waals surface area contributed by atoms with Crippen molar-refractivity contribution in [2.45, 2.75) is 19.5 Å². The fourth-order valence-electron chi connectivity index (χ4n) is 4.10. The number of hydrogen-bond acceptors (Lipinski definition) is 5. The molecule has 1 saturated heterocycles. The molecule has 0 amide bonds. The standard InChI is InChI=1S/C25H36N4O3/c1-19-8-6-7-9-21(19)18-28(3)25(26-2)27-17-22(29-12-14-32-15-13-29)20-10-11-23(30-4)24(16-20)31-5/h6-11,16,22H,12-15,17-18H2,1-5H3,(H,26,27). The zero-order valence-corrected chi connectivity index (χ0v) is 19.9. The lowest BCUT2D eigenvalue weighted by Gasteiger charge is -2.36. The zero-order chi connectivity index (χ0) is 22.9. The van der Waals surface area contributed by atoms with Crippen LogP contribution in [-0.2, 0) is 11.3 Å². The second-order valence-corrected chi connectivity index (χ2v) is 7.99. The molecule has 0 aliphatic carbocycles. The summed E-state index contributed by atoms with van der Waals surface area (Å²) >= 11 is 0. The first kappa shape index (κ1) is 23.9. The van der Waals surface area contributed by atoms with E-state index in [0.29, 0.717) is 0 Å². The van der Waals surface area contributed by atoms with Crippen molar-refractivity contribution in [2.75, 3.05) is 61.2 Å². The van der Waals surface area contributed by atoms with Gasteiger partial charge >= 0.3 is 0 Å². The minimum atomic E-state index is 0.155. The number of aliphatic imine (C=N–C) groups is 1. The highest BCUT2D eigenvalue weighted by atomic mass is 16.5. The highest BCUT2D eigenvalue weighted by Gasteiger charge is 2.24. The molecule has 2 aromatic rings. The Morgan fingerprint density at radius 3 is 2.50 bits per heavy atom. The quantitative estimate of drug-likeness (QED) is 0.503. The Morgan fingerprint density at radius 1 is 1.12 bits per heavy atom. The van der Waals surface area contributed by atoms with Gasteiger partial charge in [0.05, 0.1) is 33.5 Å². The minimum Gasteiger partial charge on any atom is -0.493 e. The Bertz CT molecular complexity index is 897. The van der Waals surface area contributed by atoms with E-state index < -0.39 is 0 Å². The summed E-state index contributed by atoms with van der Waals surface area (Å²) in [4.78, 5) is 9.14. The van der Waals surface area contributed by atoms with Crippen molar-refractivity contribution < 1.29 is 14.2 Å². The largest absolute Gasteiger partial charge is 0.493 e. The molecule has 0 saturated carbocycles. The number of hydrogen-bond donors (Lipinski definition) is 1. The van der Waals surface area contributed by atoms with Crippen LogP contribution in [0.25, 0.3) is 0 Å². The van der Waals surface area contributed by atoms with Crippen LogP contribution in [0.2, 0.25) is 0 Å². The molecule has 1 N–H and O–H groups in total. The molecule has 1 aliphatic rings. The lowest BCUT2D eigenvalue weighted by atomic mass is 10.0. The maximum absolute atomic E-state index is 5.59. The molecule has 7 nitrogen and oxygen atoms in total. The Kier molecular flexibility index (Phi) is 8.76. The van der Waals surface area contributed by atoms with Gasteiger partial charge in [-0.1, -0.05) is 30.3 Å². The predicted molar refractivity (Wildman–Crippen MR) is 129 cm³/mol. The molecule has 1 unspecified atom stereocenters. The van der Waals surface area contributed by atoms with Gasteiger partial charge in [-0.25, -0.2) is 0 Å². The van der Waals surface area contributed by atoms with Crippen LogP contribution in [0.1, 0.15) is 22.7 Å². The summed E-state index contributed by atoms with van der Waals surface area (Å²) in [6, 6.07) is 14.8. The van der Waals surface area contributed by atoms with E-state index in [1.54, 1.807) is 14.2 Å². The third kappa shape index (κ3) is 5.93. The molecule has 1 fully saturated rings. The van der Waals surface area contributed by atoms with E-state index in [9.17, 15) is 0 Å². The summed E-state index contributed by atoms with van der Waals surface area (Å²) < 4.78 is 16.6. The number of aryl methyl sites for hydroxylation is 1. The molecule has 1 heterocycles. The Hall–Kier alpha value is -2.77. The fraction of sp³-hybridized carbons (Fsp3) is 0.480. The third-order valence-electron chi connectivity index (χ3n) is 5.97. The van der Waals surface area contributed by atoms with E-state index in [-0.39, 0.29) is 6.04 Å². The van der Waals surface area contributed by atoms with Gasteiger partial charge in [-0.2, -0.15) is 0 Å². The van der Waals surface area contributed by atoms with Crippen LogP contribution in [0, 0.1) is 6.92 Å². The van der Waals surface area contributed by atoms with Gasteiger partial charge in [-0.15, -0.1) is 0 Å². The molecular weight excluding hydrogens is 404 g/mol. The molecule has 1 aliphatic heterocycles. The number of guanidine groups is 1. The van der Waals surface area contributed by atoms with Gasteiger partial charge in [0.15, 0.2) is 17.5 Å². The van der Waals surface area contributed by atoms with Crippen LogP contribution in [0.3, 0.4) is 0 Å². The SMILES string of the molecule is CN=C(NCC(c1ccc(OC)c(OC)c1)N1CCOCC1)N(C)Cc1ccccc1C. The van der Waals surface area contributed by atoms with Crippen LogP contribution in [0.15, 0.2) is 47.5 Å². The first-order chi connectivity index (χ1) is 15.6. The van der Waals surface area contributed by atoms with Crippen molar-refractivity contribution in [3.63, 3.8) is 0 Å². The number of morpholine rings is 1. The molecule has 2 aromatic carbocycles. The number of ether oxygens (including phenoxy) is 3. The minimum absolute atomic E-state index is 0.155. The van der Waals surface area contributed by atoms with Crippen molar-refractivity contribution in [2.24, 2.45) is 4.99 Å². The average Bonchev–Trinajstić information content (AvgIpc) is 2.83. The number of benzene rings is 2. The van der Waals surface area contributed by atoms with Gasteiger partial charge in [0, 0.05) is 40.3 Å². The molecule has 0 bridgehead atoms. The number of rotatable bonds is 8. The predicted octanol–water partition coefficient (Wildman–Crippen LogP) is 3.09. The Balaban J connectivity index is 1.76. The van der Waals surface area contributed by atoms with Gasteiger partial charge in [-0.05, 0) is 35.7 Å². The summed E-state index contributed by atoms with van der Waals surface area (Å²) in [5, 5.41) is 3.59. The summed E-state index contributed by atoms with van der Waals surface area (Å²) in [7, 11) is 7.23. The van der Waals surface area contributed by atoms with Gasteiger partial charge in [0.25, 0.3) is 0 Å². The highest BCUT2D eigenvalue weighted by molar-refractivity contribution is 5.79. The lowest BCUT2D eigenvalue weighted by molar-refractivity contribution is 0.0168. The molecule has 0 aromatic heterocycles. The first-order valence-electron chi connectivity index (χ1n) is 11.1. The summed E-state index contributed by atoms with van der Waals surface area (Å²) in [5.41, 5.74) is 3.75. The second kappa shape index (κ2) is 11.7. The fourth-order valence-corrected chi connectivity index (χ4v) is 4.10. The van der Waals surface area contributed by atoms with Crippen molar-refractivity contribution in [1.82, 2.24) is 15.1 Å². The van der Waals surface area contributed by atoms with Crippen LogP contribution >= 0.6 is 0 Å². The van der Waals surface area contributed by atoms with Crippen molar-refractivity contribution in [3.8, 4) is 11.5 Å². The van der Waals surface area contributed by atoms with E-state index in [4.69, 9.17) is 14.2 Å². The number of nitrogens with one attached hydrogen (secondary N) is 1. The third-order valence-corrected chi connectivity index (χ3v) is 5.97. The van der Waals surface area contributed by atoms with Gasteiger partial charge in [0.1, 0.15) is 0 Å². The van der Waals surface area contributed by atoms with E-state index in [1.165, 1.54) is 16.7 Å². The van der Waals surface area contributed by atoms with Gasteiger partial charge in [-0.3, -0.25) is 9.89 Å². The molecule has 32 heavy (non-hydrogen) atoms. The smallest absolute Gasteiger partial charge is 0.193 e. The maximum atomic E-state index is 5.59. The van der Waals surface area contributed by atoms with Gasteiger partial charge < -0.3 is 24.4 Å². The average molecular weight is 441 g/mol. The van der Waals surface area contributed by atoms with E-state index in [0.717, 1.165) is 56.9 Å². The summed E-state index contributed by atoms with van der Waals surface area (Å²) in [6.07, 6.45) is 0. The van der Waals surface area contributed by atoms with Crippen LogP contribution in [-0.4, -0.2) is 76.9 Å². The topological polar surface area (TPSA) is 58.6 Å². The Morgan fingerprint density at radius 2 is 1.84 bits per heavy atom. The van der Waals surface area contributed by atoms with Crippen molar-refractivity contribution >= 4 is 5.96 Å². The normalized spacial score (nSPS) is 15.8. The summed E-state index contributed by atoms with van der Waals surface area (Å²) in [6.45, 7) is 6.92. The van der Waals surface area contributed by atoms with E-state index in [2.05, 4.69) is 70.5 Å². The molecule has 174 valence electrons. The van der Waals surface area contributed by atoms with Crippen molar-refractivity contribution in [3.05, 3.63) is 59.2 Å². The molecule has 0 spiro atoms.